The number of hydrogen-bond acceptors (Lipinski definition) is 4. The van der Waals surface area contributed by atoms with E-state index in [4.69, 9.17) is 0 Å². The van der Waals surface area contributed by atoms with E-state index in [0.717, 1.165) is 11.3 Å². The van der Waals surface area contributed by atoms with Gasteiger partial charge < -0.3 is 4.98 Å². The molecule has 0 radical (unpaired) electrons. The molecule has 0 saturated heterocycles. The van der Waals surface area contributed by atoms with E-state index >= 15 is 0 Å². The third-order valence-electron chi connectivity index (χ3n) is 3.85. The van der Waals surface area contributed by atoms with E-state index in [1.807, 2.05) is 24.3 Å². The molecule has 4 rings (SSSR count). The molecule has 0 aliphatic carbocycles. The molecule has 0 aliphatic heterocycles. The van der Waals surface area contributed by atoms with Gasteiger partial charge in [-0.05, 0) is 29.8 Å². The van der Waals surface area contributed by atoms with Crippen molar-refractivity contribution in [2.45, 2.75) is 6.54 Å². The fourth-order valence-electron chi connectivity index (χ4n) is 2.62. The van der Waals surface area contributed by atoms with Gasteiger partial charge in [-0.15, -0.1) is 0 Å². The monoisotopic (exact) mass is 319 g/mol. The van der Waals surface area contributed by atoms with E-state index in [-0.39, 0.29) is 12.1 Å². The highest BCUT2D eigenvalue weighted by Crippen LogP contribution is 2.09. The summed E-state index contributed by atoms with van der Waals surface area (Å²) in [4.78, 5) is 31.4. The molecular weight excluding hydrogens is 306 g/mol. The molecule has 0 fully saturated rings. The number of benzene rings is 2. The molecule has 7 nitrogen and oxygen atoms in total. The molecule has 0 unspecified atom stereocenters. The van der Waals surface area contributed by atoms with Gasteiger partial charge in [-0.3, -0.25) is 9.36 Å². The summed E-state index contributed by atoms with van der Waals surface area (Å²) in [6.45, 7) is 0.205. The quantitative estimate of drug-likeness (QED) is 0.617. The van der Waals surface area contributed by atoms with Gasteiger partial charge in [-0.2, -0.15) is 5.10 Å². The van der Waals surface area contributed by atoms with Crippen LogP contribution in [0.25, 0.3) is 16.6 Å². The van der Waals surface area contributed by atoms with Gasteiger partial charge in [0.05, 0.1) is 23.1 Å². The van der Waals surface area contributed by atoms with Crippen LogP contribution in [0.15, 0.2) is 70.8 Å². The molecule has 24 heavy (non-hydrogen) atoms. The third kappa shape index (κ3) is 2.41. The fraction of sp³-hybridized carbons (Fsp3) is 0.0588. The third-order valence-corrected chi connectivity index (χ3v) is 3.85. The molecule has 1 N–H and O–H groups in total. The average molecular weight is 319 g/mol. The normalized spacial score (nSPS) is 11.0. The Hall–Kier alpha value is -3.48. The van der Waals surface area contributed by atoms with Crippen LogP contribution in [0.5, 0.6) is 0 Å². The number of nitrogens with zero attached hydrogens (tertiary/aromatic N) is 4. The van der Waals surface area contributed by atoms with Crippen LogP contribution in [0.4, 0.5) is 0 Å². The zero-order chi connectivity index (χ0) is 16.5. The van der Waals surface area contributed by atoms with Crippen molar-refractivity contribution in [2.75, 3.05) is 0 Å². The summed E-state index contributed by atoms with van der Waals surface area (Å²) < 4.78 is 2.84. The minimum Gasteiger partial charge on any atom is -0.307 e. The van der Waals surface area contributed by atoms with Crippen LogP contribution in [-0.4, -0.2) is 24.3 Å². The molecule has 0 saturated carbocycles. The lowest BCUT2D eigenvalue weighted by Crippen LogP contribution is -2.35. The van der Waals surface area contributed by atoms with Crippen molar-refractivity contribution in [1.29, 1.82) is 0 Å². The molecule has 2 aromatic heterocycles. The second-order valence-corrected chi connectivity index (χ2v) is 5.37. The molecule has 0 atom stereocenters. The summed E-state index contributed by atoms with van der Waals surface area (Å²) in [7, 11) is 0. The summed E-state index contributed by atoms with van der Waals surface area (Å²) in [5, 5.41) is 4.55. The first-order chi connectivity index (χ1) is 11.7. The second-order valence-electron chi connectivity index (χ2n) is 5.37. The van der Waals surface area contributed by atoms with Crippen LogP contribution in [0, 0.1) is 0 Å². The number of fused-ring (bicyclic) bond motifs is 1. The van der Waals surface area contributed by atoms with Crippen LogP contribution in [-0.2, 0) is 6.54 Å². The molecule has 2 heterocycles. The predicted octanol–water partition coefficient (Wildman–Crippen LogP) is 1.32. The molecule has 118 valence electrons. The number of para-hydroxylation sites is 1. The minimum atomic E-state index is -0.418. The number of aromatic nitrogens is 5. The van der Waals surface area contributed by atoms with Gasteiger partial charge >= 0.3 is 5.69 Å². The van der Waals surface area contributed by atoms with Gasteiger partial charge in [0, 0.05) is 0 Å². The molecule has 0 spiro atoms. The van der Waals surface area contributed by atoms with Crippen LogP contribution in [0.2, 0.25) is 0 Å². The van der Waals surface area contributed by atoms with E-state index in [9.17, 15) is 9.59 Å². The maximum atomic E-state index is 12.5. The first-order valence-electron chi connectivity index (χ1n) is 7.38. The summed E-state index contributed by atoms with van der Waals surface area (Å²) in [6, 6.07) is 14.4. The number of H-pyrrole nitrogens is 1. The highest BCUT2D eigenvalue weighted by molar-refractivity contribution is 5.76. The van der Waals surface area contributed by atoms with Gasteiger partial charge in [0.15, 0.2) is 0 Å². The zero-order valence-corrected chi connectivity index (χ0v) is 12.6. The maximum absolute atomic E-state index is 12.5. The maximum Gasteiger partial charge on any atom is 0.329 e. The second kappa shape index (κ2) is 5.62. The SMILES string of the molecule is O=c1[nH]c2ccccc2c(=O)n1Cc1ccc(-n2cncn2)cc1. The van der Waals surface area contributed by atoms with Gasteiger partial charge in [0.25, 0.3) is 5.56 Å². The Morgan fingerprint density at radius 1 is 1.00 bits per heavy atom. The Labute approximate surface area is 135 Å². The predicted molar refractivity (Wildman–Crippen MR) is 89.3 cm³/mol. The van der Waals surface area contributed by atoms with Crippen molar-refractivity contribution >= 4 is 10.9 Å². The molecule has 4 aromatic rings. The lowest BCUT2D eigenvalue weighted by atomic mass is 10.2. The Balaban J connectivity index is 1.72. The standard InChI is InChI=1S/C17H13N5O2/c23-16-14-3-1-2-4-15(14)20-17(24)21(16)9-12-5-7-13(8-6-12)22-11-18-10-19-22/h1-8,10-11H,9H2,(H,20,24). The van der Waals surface area contributed by atoms with E-state index < -0.39 is 5.69 Å². The lowest BCUT2D eigenvalue weighted by Gasteiger charge is -2.07. The first kappa shape index (κ1) is 14.1. The van der Waals surface area contributed by atoms with Gasteiger partial charge in [-0.25, -0.2) is 14.5 Å². The molecule has 0 bridgehead atoms. The smallest absolute Gasteiger partial charge is 0.307 e. The topological polar surface area (TPSA) is 85.6 Å². The summed E-state index contributed by atoms with van der Waals surface area (Å²) in [6.07, 6.45) is 3.07. The average Bonchev–Trinajstić information content (AvgIpc) is 3.14. The van der Waals surface area contributed by atoms with Crippen molar-refractivity contribution in [3.05, 3.63) is 87.6 Å². The van der Waals surface area contributed by atoms with Crippen LogP contribution in [0.3, 0.4) is 0 Å². The Kier molecular flexibility index (Phi) is 3.31. The van der Waals surface area contributed by atoms with Crippen molar-refractivity contribution in [3.8, 4) is 5.69 Å². The molecule has 0 aliphatic rings. The number of aromatic amines is 1. The van der Waals surface area contributed by atoms with Gasteiger partial charge in [0.2, 0.25) is 0 Å². The van der Waals surface area contributed by atoms with E-state index in [1.165, 1.54) is 10.9 Å². The number of rotatable bonds is 3. The lowest BCUT2D eigenvalue weighted by molar-refractivity contribution is 0.711. The Morgan fingerprint density at radius 3 is 2.54 bits per heavy atom. The van der Waals surface area contributed by atoms with E-state index in [0.29, 0.717) is 10.9 Å². The Bertz CT molecular complexity index is 1110. The largest absolute Gasteiger partial charge is 0.329 e. The van der Waals surface area contributed by atoms with Crippen LogP contribution < -0.4 is 11.2 Å². The van der Waals surface area contributed by atoms with Gasteiger partial charge in [0.1, 0.15) is 12.7 Å². The minimum absolute atomic E-state index is 0.205. The van der Waals surface area contributed by atoms with Crippen molar-refractivity contribution in [1.82, 2.24) is 24.3 Å². The summed E-state index contributed by atoms with van der Waals surface area (Å²) in [5.74, 6) is 0. The van der Waals surface area contributed by atoms with Crippen molar-refractivity contribution in [3.63, 3.8) is 0 Å². The molecule has 0 amide bonds. The van der Waals surface area contributed by atoms with Crippen molar-refractivity contribution < 1.29 is 0 Å². The van der Waals surface area contributed by atoms with Crippen LogP contribution >= 0.6 is 0 Å². The van der Waals surface area contributed by atoms with Crippen molar-refractivity contribution in [2.24, 2.45) is 0 Å². The number of hydrogen-bond donors (Lipinski definition) is 1. The zero-order valence-electron chi connectivity index (χ0n) is 12.6. The summed E-state index contributed by atoms with van der Waals surface area (Å²) >= 11 is 0. The Morgan fingerprint density at radius 2 is 1.79 bits per heavy atom. The molecule has 2 aromatic carbocycles. The van der Waals surface area contributed by atoms with E-state index in [1.54, 1.807) is 35.3 Å². The first-order valence-corrected chi connectivity index (χ1v) is 7.38. The highest BCUT2D eigenvalue weighted by atomic mass is 16.2. The summed E-state index contributed by atoms with van der Waals surface area (Å²) in [5.41, 5.74) is 1.54. The number of nitrogens with one attached hydrogen (secondary N) is 1. The van der Waals surface area contributed by atoms with Gasteiger partial charge in [-0.1, -0.05) is 24.3 Å². The van der Waals surface area contributed by atoms with E-state index in [2.05, 4.69) is 15.1 Å². The fourth-order valence-corrected chi connectivity index (χ4v) is 2.62. The molecule has 7 heteroatoms. The molecular formula is C17H13N5O2. The highest BCUT2D eigenvalue weighted by Gasteiger charge is 2.08. The van der Waals surface area contributed by atoms with Crippen LogP contribution in [0.1, 0.15) is 5.56 Å².